The second-order valence-corrected chi connectivity index (χ2v) is 6.78. The lowest BCUT2D eigenvalue weighted by molar-refractivity contribution is -0.141. The molecule has 0 unspecified atom stereocenters. The molecule has 0 saturated carbocycles. The van der Waals surface area contributed by atoms with E-state index in [9.17, 15) is 14.4 Å². The normalized spacial score (nSPS) is 12.7. The highest BCUT2D eigenvalue weighted by Gasteiger charge is 2.22. The van der Waals surface area contributed by atoms with Crippen LogP contribution in [-0.4, -0.2) is 35.5 Å². The second kappa shape index (κ2) is 9.56. The van der Waals surface area contributed by atoms with Crippen molar-refractivity contribution in [3.63, 3.8) is 0 Å². The molecule has 0 spiro atoms. The van der Waals surface area contributed by atoms with Crippen molar-refractivity contribution in [1.29, 1.82) is 0 Å². The van der Waals surface area contributed by atoms with Gasteiger partial charge in [-0.15, -0.1) is 0 Å². The number of rotatable bonds is 6. The average molecular weight is 379 g/mol. The molecule has 1 amide bonds. The van der Waals surface area contributed by atoms with Crippen molar-refractivity contribution in [1.82, 2.24) is 5.32 Å². The largest absolute Gasteiger partial charge is 0.444 e. The summed E-state index contributed by atoms with van der Waals surface area (Å²) in [6.07, 6.45) is -0.514. The van der Waals surface area contributed by atoms with Crippen LogP contribution in [0.5, 0.6) is 5.75 Å². The molecule has 0 aliphatic carbocycles. The molecule has 9 nitrogen and oxygen atoms in total. The molecule has 0 saturated heterocycles. The molecule has 9 heteroatoms. The number of nitrogens with zero attached hydrogens (tertiary/aromatic N) is 1. The van der Waals surface area contributed by atoms with E-state index in [1.165, 1.54) is 13.8 Å². The predicted octanol–water partition coefficient (Wildman–Crippen LogP) is 1.88. The molecule has 0 radical (unpaired) electrons. The summed E-state index contributed by atoms with van der Waals surface area (Å²) in [6, 6.07) is 5.69. The van der Waals surface area contributed by atoms with Gasteiger partial charge in [-0.3, -0.25) is 0 Å². The molecule has 0 bridgehead atoms. The Labute approximate surface area is 157 Å². The molecule has 1 atom stereocenters. The minimum atomic E-state index is -0.904. The first-order valence-electron chi connectivity index (χ1n) is 8.26. The summed E-state index contributed by atoms with van der Waals surface area (Å²) in [5.74, 6) is -0.865. The molecule has 27 heavy (non-hydrogen) atoms. The Morgan fingerprint density at radius 2 is 1.93 bits per heavy atom. The van der Waals surface area contributed by atoms with Gasteiger partial charge in [0.15, 0.2) is 0 Å². The Morgan fingerprint density at radius 1 is 1.26 bits per heavy atom. The molecular weight excluding hydrogens is 354 g/mol. The third-order valence-electron chi connectivity index (χ3n) is 2.88. The third kappa shape index (κ3) is 9.24. The van der Waals surface area contributed by atoms with E-state index in [-0.39, 0.29) is 18.0 Å². The van der Waals surface area contributed by atoms with Crippen LogP contribution in [0.4, 0.5) is 4.79 Å². The minimum absolute atomic E-state index is 0.0913. The van der Waals surface area contributed by atoms with Crippen molar-refractivity contribution in [2.45, 2.75) is 52.7 Å². The number of amides is 1. The lowest BCUT2D eigenvalue weighted by atomic mass is 10.1. The Kier molecular flexibility index (Phi) is 7.77. The summed E-state index contributed by atoms with van der Waals surface area (Å²) < 4.78 is 10.3. The fourth-order valence-electron chi connectivity index (χ4n) is 1.83. The number of benzene rings is 1. The summed E-state index contributed by atoms with van der Waals surface area (Å²) in [5.41, 5.74) is 5.69. The first kappa shape index (κ1) is 21.9. The van der Waals surface area contributed by atoms with E-state index in [1.807, 2.05) is 0 Å². The second-order valence-electron chi connectivity index (χ2n) is 6.78. The predicted molar refractivity (Wildman–Crippen MR) is 98.0 cm³/mol. The molecule has 1 rings (SSSR count). The molecule has 1 aromatic carbocycles. The first-order chi connectivity index (χ1) is 12.5. The molecule has 0 aliphatic heterocycles. The van der Waals surface area contributed by atoms with Gasteiger partial charge in [0.2, 0.25) is 0 Å². The van der Waals surface area contributed by atoms with Gasteiger partial charge in [-0.25, -0.2) is 14.4 Å². The van der Waals surface area contributed by atoms with Gasteiger partial charge >= 0.3 is 18.0 Å². The van der Waals surface area contributed by atoms with E-state index in [1.54, 1.807) is 45.0 Å². The van der Waals surface area contributed by atoms with E-state index in [4.69, 9.17) is 15.2 Å². The Bertz CT molecular complexity index is 724. The van der Waals surface area contributed by atoms with Gasteiger partial charge in [0.05, 0.1) is 0 Å². The zero-order valence-electron chi connectivity index (χ0n) is 16.1. The summed E-state index contributed by atoms with van der Waals surface area (Å²) in [7, 11) is 0. The van der Waals surface area contributed by atoms with E-state index < -0.39 is 29.7 Å². The quantitative estimate of drug-likeness (QED) is 0.193. The molecule has 1 aromatic rings. The number of amidine groups is 1. The number of oxime groups is 1. The minimum Gasteiger partial charge on any atom is -0.444 e. The Balaban J connectivity index is 2.65. The van der Waals surface area contributed by atoms with Crippen LogP contribution in [-0.2, 0) is 25.6 Å². The van der Waals surface area contributed by atoms with Crippen LogP contribution in [0, 0.1) is 0 Å². The number of nitrogens with two attached hydrogens (primary N) is 1. The number of carbonyl (C=O) groups is 3. The van der Waals surface area contributed by atoms with Crippen LogP contribution in [0.1, 0.15) is 40.2 Å². The number of carbonyl (C=O) groups excluding carboxylic acids is 3. The highest BCUT2D eigenvalue weighted by atomic mass is 16.7. The van der Waals surface area contributed by atoms with Gasteiger partial charge in [-0.1, -0.05) is 17.3 Å². The highest BCUT2D eigenvalue weighted by molar-refractivity contribution is 5.84. The number of hydrogen-bond donors (Lipinski definition) is 2. The van der Waals surface area contributed by atoms with Crippen molar-refractivity contribution in [2.24, 2.45) is 10.9 Å². The van der Waals surface area contributed by atoms with Crippen molar-refractivity contribution in [3.05, 3.63) is 29.8 Å². The van der Waals surface area contributed by atoms with Crippen molar-refractivity contribution < 1.29 is 28.7 Å². The maximum absolute atomic E-state index is 12.1. The number of ether oxygens (including phenoxy) is 2. The summed E-state index contributed by atoms with van der Waals surface area (Å²) >= 11 is 0. The SMILES string of the molecule is CC(=O)O/N=C(\N)Cc1cccc(OC(=O)[C@H](C)NC(=O)OC(C)(C)C)c1. The summed E-state index contributed by atoms with van der Waals surface area (Å²) in [6.45, 7) is 7.86. The van der Waals surface area contributed by atoms with Crippen molar-refractivity contribution >= 4 is 23.9 Å². The van der Waals surface area contributed by atoms with Crippen LogP contribution in [0.25, 0.3) is 0 Å². The Hall–Kier alpha value is -3.10. The van der Waals surface area contributed by atoms with Crippen LogP contribution in [0.15, 0.2) is 29.4 Å². The fourth-order valence-corrected chi connectivity index (χ4v) is 1.83. The van der Waals surface area contributed by atoms with Crippen molar-refractivity contribution in [2.75, 3.05) is 0 Å². The zero-order valence-corrected chi connectivity index (χ0v) is 16.1. The topological polar surface area (TPSA) is 129 Å². The number of hydrogen-bond acceptors (Lipinski definition) is 7. The molecule has 0 heterocycles. The number of esters is 1. The highest BCUT2D eigenvalue weighted by Crippen LogP contribution is 2.15. The van der Waals surface area contributed by atoms with Gasteiger partial charge < -0.3 is 25.4 Å². The van der Waals surface area contributed by atoms with Gasteiger partial charge in [0.1, 0.15) is 23.2 Å². The monoisotopic (exact) mass is 379 g/mol. The van der Waals surface area contributed by atoms with Gasteiger partial charge in [-0.2, -0.15) is 0 Å². The van der Waals surface area contributed by atoms with Crippen LogP contribution in [0.2, 0.25) is 0 Å². The molecule has 0 aromatic heterocycles. The van der Waals surface area contributed by atoms with Gasteiger partial charge in [-0.05, 0) is 45.4 Å². The van der Waals surface area contributed by atoms with Crippen LogP contribution in [0.3, 0.4) is 0 Å². The van der Waals surface area contributed by atoms with Gasteiger partial charge in [0.25, 0.3) is 0 Å². The lowest BCUT2D eigenvalue weighted by Gasteiger charge is -2.21. The number of alkyl carbamates (subject to hydrolysis) is 1. The van der Waals surface area contributed by atoms with Gasteiger partial charge in [0, 0.05) is 13.3 Å². The fraction of sp³-hybridized carbons (Fsp3) is 0.444. The molecule has 0 aliphatic rings. The third-order valence-corrected chi connectivity index (χ3v) is 2.88. The zero-order chi connectivity index (χ0) is 20.6. The lowest BCUT2D eigenvalue weighted by Crippen LogP contribution is -2.43. The summed E-state index contributed by atoms with van der Waals surface area (Å²) in [4.78, 5) is 39.0. The first-order valence-corrected chi connectivity index (χ1v) is 8.26. The number of nitrogens with one attached hydrogen (secondary N) is 1. The van der Waals surface area contributed by atoms with Crippen LogP contribution >= 0.6 is 0 Å². The average Bonchev–Trinajstić information content (AvgIpc) is 2.51. The molecular formula is C18H25N3O6. The maximum atomic E-state index is 12.1. The van der Waals surface area contributed by atoms with E-state index in [0.717, 1.165) is 0 Å². The summed E-state index contributed by atoms with van der Waals surface area (Å²) in [5, 5.41) is 5.88. The van der Waals surface area contributed by atoms with Crippen molar-refractivity contribution in [3.8, 4) is 5.75 Å². The van der Waals surface area contributed by atoms with E-state index in [2.05, 4.69) is 15.3 Å². The molecule has 148 valence electrons. The molecule has 0 fully saturated rings. The van der Waals surface area contributed by atoms with E-state index in [0.29, 0.717) is 5.56 Å². The van der Waals surface area contributed by atoms with Crippen LogP contribution < -0.4 is 15.8 Å². The van der Waals surface area contributed by atoms with E-state index >= 15 is 0 Å². The molecule has 3 N–H and O–H groups in total. The standard InChI is InChI=1S/C18H25N3O6/c1-11(20-17(24)26-18(3,4)5)16(23)25-14-8-6-7-13(9-14)10-15(19)21-27-12(2)22/h6-9,11H,10H2,1-5H3,(H2,19,21)(H,20,24)/t11-/m0/s1. The maximum Gasteiger partial charge on any atom is 0.408 e. The Morgan fingerprint density at radius 3 is 2.52 bits per heavy atom. The smallest absolute Gasteiger partial charge is 0.408 e.